The van der Waals surface area contributed by atoms with Crippen molar-refractivity contribution < 1.29 is 4.79 Å². The Hall–Kier alpha value is 0.110. The molecule has 12 heavy (non-hydrogen) atoms. The van der Waals surface area contributed by atoms with Crippen LogP contribution in [0.3, 0.4) is 0 Å². The van der Waals surface area contributed by atoms with Crippen LogP contribution < -0.4 is 0 Å². The van der Waals surface area contributed by atoms with E-state index in [0.717, 1.165) is 4.91 Å². The van der Waals surface area contributed by atoms with Crippen LogP contribution >= 0.6 is 24.4 Å². The quantitative estimate of drug-likeness (QED) is 0.658. The van der Waals surface area contributed by atoms with Gasteiger partial charge in [0, 0.05) is 21.3 Å². The highest BCUT2D eigenvalue weighted by molar-refractivity contribution is 8.05. The van der Waals surface area contributed by atoms with Crippen LogP contribution in [0.5, 0.6) is 0 Å². The third kappa shape index (κ3) is 2.56. The lowest BCUT2D eigenvalue weighted by Gasteiger charge is -2.29. The fraction of sp³-hybridized carbons (Fsp3) is 0.667. The number of carbonyl (C=O) groups is 1. The van der Waals surface area contributed by atoms with E-state index in [-0.39, 0.29) is 15.8 Å². The first-order valence-electron chi connectivity index (χ1n) is 4.02. The molecule has 1 rings (SSSR count). The van der Waals surface area contributed by atoms with Crippen molar-refractivity contribution in [3.63, 3.8) is 0 Å². The molecule has 0 saturated heterocycles. The molecule has 0 aromatic heterocycles. The molecule has 0 bridgehead atoms. The maximum Gasteiger partial charge on any atom is 0.157 e. The van der Waals surface area contributed by atoms with Crippen molar-refractivity contribution in [3.8, 4) is 0 Å². The average Bonchev–Trinajstić information content (AvgIpc) is 1.82. The SMILES string of the molecule is CC(S)C1=CC(=O)CC(C)(C)S1. The van der Waals surface area contributed by atoms with E-state index in [9.17, 15) is 4.79 Å². The number of ketones is 1. The van der Waals surface area contributed by atoms with Gasteiger partial charge in [-0.05, 0) is 26.8 Å². The Morgan fingerprint density at radius 3 is 2.67 bits per heavy atom. The number of thioether (sulfide) groups is 1. The van der Waals surface area contributed by atoms with Crippen LogP contribution in [0.1, 0.15) is 27.2 Å². The van der Waals surface area contributed by atoms with Crippen molar-refractivity contribution in [3.05, 3.63) is 11.0 Å². The van der Waals surface area contributed by atoms with E-state index < -0.39 is 0 Å². The molecule has 0 radical (unpaired) electrons. The van der Waals surface area contributed by atoms with E-state index in [0.29, 0.717) is 6.42 Å². The zero-order chi connectivity index (χ0) is 9.35. The first-order chi connectivity index (χ1) is 5.41. The van der Waals surface area contributed by atoms with Crippen molar-refractivity contribution >= 4 is 30.2 Å². The number of thiol groups is 1. The summed E-state index contributed by atoms with van der Waals surface area (Å²) in [4.78, 5) is 12.4. The van der Waals surface area contributed by atoms with E-state index >= 15 is 0 Å². The molecule has 0 amide bonds. The van der Waals surface area contributed by atoms with Crippen LogP contribution in [0.4, 0.5) is 0 Å². The van der Waals surface area contributed by atoms with Crippen LogP contribution in [-0.2, 0) is 4.79 Å². The van der Waals surface area contributed by atoms with Gasteiger partial charge in [-0.2, -0.15) is 12.6 Å². The second kappa shape index (κ2) is 3.46. The lowest BCUT2D eigenvalue weighted by atomic mass is 10.1. The van der Waals surface area contributed by atoms with Gasteiger partial charge in [-0.25, -0.2) is 0 Å². The van der Waals surface area contributed by atoms with Gasteiger partial charge < -0.3 is 0 Å². The predicted molar refractivity (Wildman–Crippen MR) is 57.8 cm³/mol. The van der Waals surface area contributed by atoms with Crippen LogP contribution in [0, 0.1) is 0 Å². The van der Waals surface area contributed by atoms with Gasteiger partial charge in [-0.15, -0.1) is 11.8 Å². The van der Waals surface area contributed by atoms with Gasteiger partial charge in [0.15, 0.2) is 5.78 Å². The topological polar surface area (TPSA) is 17.1 Å². The molecule has 1 aliphatic heterocycles. The molecule has 0 saturated carbocycles. The van der Waals surface area contributed by atoms with Crippen molar-refractivity contribution in [2.24, 2.45) is 0 Å². The van der Waals surface area contributed by atoms with Gasteiger partial charge in [0.05, 0.1) is 0 Å². The molecule has 68 valence electrons. The molecule has 1 nitrogen and oxygen atoms in total. The van der Waals surface area contributed by atoms with E-state index in [1.807, 2.05) is 6.92 Å². The number of allylic oxidation sites excluding steroid dienone is 1. The largest absolute Gasteiger partial charge is 0.295 e. The molecule has 0 N–H and O–H groups in total. The van der Waals surface area contributed by atoms with E-state index in [4.69, 9.17) is 0 Å². The average molecular weight is 202 g/mol. The van der Waals surface area contributed by atoms with E-state index in [1.54, 1.807) is 17.8 Å². The minimum absolute atomic E-state index is 0.0537. The summed E-state index contributed by atoms with van der Waals surface area (Å²) in [5, 5.41) is 0.179. The molecule has 0 fully saturated rings. The minimum atomic E-state index is 0.0537. The molecule has 3 heteroatoms. The summed E-state index contributed by atoms with van der Waals surface area (Å²) in [7, 11) is 0. The van der Waals surface area contributed by atoms with Gasteiger partial charge in [0.2, 0.25) is 0 Å². The molecule has 0 aliphatic carbocycles. The molecule has 0 aromatic carbocycles. The fourth-order valence-electron chi connectivity index (χ4n) is 1.22. The third-order valence-corrected chi connectivity index (χ3v) is 3.57. The van der Waals surface area contributed by atoms with Crippen LogP contribution in [0.2, 0.25) is 0 Å². The Kier molecular flexibility index (Phi) is 2.94. The van der Waals surface area contributed by atoms with Gasteiger partial charge in [0.1, 0.15) is 0 Å². The maximum absolute atomic E-state index is 11.3. The molecule has 1 unspecified atom stereocenters. The predicted octanol–water partition coefficient (Wildman–Crippen LogP) is 2.67. The molecular weight excluding hydrogens is 188 g/mol. The van der Waals surface area contributed by atoms with Crippen molar-refractivity contribution in [1.82, 2.24) is 0 Å². The first kappa shape index (κ1) is 10.2. The van der Waals surface area contributed by atoms with Gasteiger partial charge >= 0.3 is 0 Å². The zero-order valence-electron chi connectivity index (χ0n) is 7.63. The number of hydrogen-bond acceptors (Lipinski definition) is 3. The first-order valence-corrected chi connectivity index (χ1v) is 5.35. The fourth-order valence-corrected chi connectivity index (χ4v) is 2.67. The summed E-state index contributed by atoms with van der Waals surface area (Å²) >= 11 is 6.08. The monoisotopic (exact) mass is 202 g/mol. The lowest BCUT2D eigenvalue weighted by molar-refractivity contribution is -0.115. The highest BCUT2D eigenvalue weighted by Gasteiger charge is 2.29. The van der Waals surface area contributed by atoms with E-state index in [1.165, 1.54) is 0 Å². The lowest BCUT2D eigenvalue weighted by Crippen LogP contribution is -2.24. The van der Waals surface area contributed by atoms with Gasteiger partial charge in [-0.1, -0.05) is 0 Å². The summed E-state index contributed by atoms with van der Waals surface area (Å²) < 4.78 is 0.0537. The zero-order valence-corrected chi connectivity index (χ0v) is 9.34. The Labute approximate surface area is 83.4 Å². The standard InChI is InChI=1S/C9H14OS2/c1-6(11)8-4-7(10)5-9(2,3)12-8/h4,6,11H,5H2,1-3H3. The molecule has 0 aromatic rings. The molecule has 1 aliphatic rings. The van der Waals surface area contributed by atoms with E-state index in [2.05, 4.69) is 26.5 Å². The van der Waals surface area contributed by atoms with Crippen LogP contribution in [0.25, 0.3) is 0 Å². The second-order valence-electron chi connectivity index (χ2n) is 3.73. The van der Waals surface area contributed by atoms with Crippen molar-refractivity contribution in [2.45, 2.75) is 37.2 Å². The second-order valence-corrected chi connectivity index (χ2v) is 6.28. The molecule has 0 spiro atoms. The summed E-state index contributed by atoms with van der Waals surface area (Å²) in [5.41, 5.74) is 0. The Morgan fingerprint density at radius 2 is 2.25 bits per heavy atom. The Balaban J connectivity index is 2.84. The summed E-state index contributed by atoms with van der Waals surface area (Å²) in [6.45, 7) is 6.19. The molecular formula is C9H14OS2. The minimum Gasteiger partial charge on any atom is -0.295 e. The number of hydrogen-bond donors (Lipinski definition) is 1. The van der Waals surface area contributed by atoms with Crippen LogP contribution in [-0.4, -0.2) is 15.8 Å². The van der Waals surface area contributed by atoms with Crippen molar-refractivity contribution in [1.29, 1.82) is 0 Å². The molecule has 1 heterocycles. The maximum atomic E-state index is 11.3. The normalized spacial score (nSPS) is 25.0. The Morgan fingerprint density at radius 1 is 1.67 bits per heavy atom. The van der Waals surface area contributed by atoms with Crippen molar-refractivity contribution in [2.75, 3.05) is 0 Å². The van der Waals surface area contributed by atoms with Crippen LogP contribution in [0.15, 0.2) is 11.0 Å². The highest BCUT2D eigenvalue weighted by atomic mass is 32.2. The summed E-state index contributed by atoms with van der Waals surface area (Å²) in [6.07, 6.45) is 2.37. The number of carbonyl (C=O) groups excluding carboxylic acids is 1. The highest BCUT2D eigenvalue weighted by Crippen LogP contribution is 2.40. The van der Waals surface area contributed by atoms with Gasteiger partial charge in [0.25, 0.3) is 0 Å². The summed E-state index contributed by atoms with van der Waals surface area (Å²) in [6, 6.07) is 0. The summed E-state index contributed by atoms with van der Waals surface area (Å²) in [5.74, 6) is 0.231. The number of rotatable bonds is 1. The third-order valence-electron chi connectivity index (χ3n) is 1.71. The van der Waals surface area contributed by atoms with Gasteiger partial charge in [-0.3, -0.25) is 4.79 Å². The Bertz CT molecular complexity index is 229. The molecule has 1 atom stereocenters. The smallest absolute Gasteiger partial charge is 0.157 e.